The molecule has 1 amide bonds. The molecule has 0 radical (unpaired) electrons. The van der Waals surface area contributed by atoms with Crippen LogP contribution in [0.3, 0.4) is 0 Å². The maximum absolute atomic E-state index is 12.2. The summed E-state index contributed by atoms with van der Waals surface area (Å²) in [6.45, 7) is 1.63. The molecule has 1 aromatic heterocycles. The van der Waals surface area contributed by atoms with E-state index in [-0.39, 0.29) is 12.3 Å². The lowest BCUT2D eigenvalue weighted by atomic mass is 9.92. The highest BCUT2D eigenvalue weighted by atomic mass is 16.3. The van der Waals surface area contributed by atoms with E-state index in [1.54, 1.807) is 43.3 Å². The van der Waals surface area contributed by atoms with Crippen molar-refractivity contribution in [3.63, 3.8) is 0 Å². The molecule has 24 heavy (non-hydrogen) atoms. The van der Waals surface area contributed by atoms with Crippen molar-refractivity contribution in [1.29, 1.82) is 0 Å². The Labute approximate surface area is 138 Å². The Kier molecular flexibility index (Phi) is 4.35. The van der Waals surface area contributed by atoms with Crippen molar-refractivity contribution in [2.75, 3.05) is 5.32 Å². The van der Waals surface area contributed by atoms with Gasteiger partial charge < -0.3 is 10.4 Å². The molecule has 3 N–H and O–H groups in total. The number of aromatic amines is 1. The van der Waals surface area contributed by atoms with Crippen LogP contribution in [0.5, 0.6) is 0 Å². The zero-order chi connectivity index (χ0) is 17.0. The zero-order valence-corrected chi connectivity index (χ0v) is 13.1. The molecule has 122 valence electrons. The molecule has 0 saturated carbocycles. The Balaban J connectivity index is 1.64. The van der Waals surface area contributed by atoms with Crippen molar-refractivity contribution in [1.82, 2.24) is 20.6 Å². The van der Waals surface area contributed by atoms with Crippen molar-refractivity contribution in [3.05, 3.63) is 60.2 Å². The number of hydrogen-bond donors (Lipinski definition) is 3. The fraction of sp³-hybridized carbons (Fsp3) is 0.176. The Morgan fingerprint density at radius 1 is 1.17 bits per heavy atom. The van der Waals surface area contributed by atoms with Gasteiger partial charge in [0.25, 0.3) is 0 Å². The van der Waals surface area contributed by atoms with Gasteiger partial charge >= 0.3 is 0 Å². The summed E-state index contributed by atoms with van der Waals surface area (Å²) in [5.41, 5.74) is 0.900. The molecule has 3 aromatic rings. The molecule has 3 rings (SSSR count). The second-order valence-corrected chi connectivity index (χ2v) is 5.68. The van der Waals surface area contributed by atoms with Gasteiger partial charge in [-0.05, 0) is 42.0 Å². The molecule has 1 unspecified atom stereocenters. The van der Waals surface area contributed by atoms with E-state index < -0.39 is 5.60 Å². The van der Waals surface area contributed by atoms with Crippen LogP contribution in [-0.4, -0.2) is 31.6 Å². The molecule has 0 bridgehead atoms. The number of amides is 1. The molecule has 7 nitrogen and oxygen atoms in total. The highest BCUT2D eigenvalue weighted by Crippen LogP contribution is 2.25. The van der Waals surface area contributed by atoms with Crippen LogP contribution < -0.4 is 5.32 Å². The van der Waals surface area contributed by atoms with Crippen LogP contribution in [0, 0.1) is 0 Å². The van der Waals surface area contributed by atoms with Crippen molar-refractivity contribution in [2.24, 2.45) is 0 Å². The summed E-state index contributed by atoms with van der Waals surface area (Å²) in [5, 5.41) is 27.0. The fourth-order valence-corrected chi connectivity index (χ4v) is 2.40. The summed E-state index contributed by atoms with van der Waals surface area (Å²) in [6, 6.07) is 16.2. The quantitative estimate of drug-likeness (QED) is 0.667. The van der Waals surface area contributed by atoms with Gasteiger partial charge in [-0.2, -0.15) is 5.21 Å². The number of tetrazole rings is 1. The molecule has 0 spiro atoms. The minimum absolute atomic E-state index is 0.0381. The molecule has 0 aliphatic rings. The standard InChI is InChI=1S/C17H17N5O2/c1-17(24,13-5-3-2-4-6-13)11-15(23)18-14-9-7-12(8-10-14)16-19-21-22-20-16/h2-10,24H,11H2,1H3,(H,18,23)(H,19,20,21,22). The van der Waals surface area contributed by atoms with Crippen LogP contribution in [0.15, 0.2) is 54.6 Å². The van der Waals surface area contributed by atoms with Gasteiger partial charge in [0.05, 0.1) is 12.0 Å². The lowest BCUT2D eigenvalue weighted by molar-refractivity contribution is -0.120. The summed E-state index contributed by atoms with van der Waals surface area (Å²) < 4.78 is 0. The highest BCUT2D eigenvalue weighted by molar-refractivity contribution is 5.91. The van der Waals surface area contributed by atoms with Crippen LogP contribution in [0.4, 0.5) is 5.69 Å². The lowest BCUT2D eigenvalue weighted by Gasteiger charge is -2.23. The Morgan fingerprint density at radius 2 is 1.88 bits per heavy atom. The number of carbonyl (C=O) groups excluding carboxylic acids is 1. The number of hydrogen-bond acceptors (Lipinski definition) is 5. The second-order valence-electron chi connectivity index (χ2n) is 5.68. The first kappa shape index (κ1) is 15.8. The van der Waals surface area contributed by atoms with Crippen LogP contribution in [-0.2, 0) is 10.4 Å². The van der Waals surface area contributed by atoms with E-state index in [2.05, 4.69) is 25.9 Å². The number of nitrogens with zero attached hydrogens (tertiary/aromatic N) is 3. The van der Waals surface area contributed by atoms with E-state index in [0.717, 1.165) is 5.56 Å². The second kappa shape index (κ2) is 6.59. The molecule has 0 fully saturated rings. The number of anilines is 1. The average Bonchev–Trinajstić information content (AvgIpc) is 3.10. The Morgan fingerprint density at radius 3 is 2.50 bits per heavy atom. The first-order valence-corrected chi connectivity index (χ1v) is 7.46. The van der Waals surface area contributed by atoms with Crippen LogP contribution in [0.1, 0.15) is 18.9 Å². The number of nitrogens with one attached hydrogen (secondary N) is 2. The van der Waals surface area contributed by atoms with Crippen LogP contribution in [0.25, 0.3) is 11.4 Å². The van der Waals surface area contributed by atoms with Gasteiger partial charge in [0.2, 0.25) is 11.7 Å². The van der Waals surface area contributed by atoms with Crippen molar-refractivity contribution >= 4 is 11.6 Å². The minimum atomic E-state index is -1.23. The van der Waals surface area contributed by atoms with Gasteiger partial charge in [-0.3, -0.25) is 4.79 Å². The van der Waals surface area contributed by atoms with Gasteiger partial charge in [0.15, 0.2) is 0 Å². The predicted molar refractivity (Wildman–Crippen MR) is 88.9 cm³/mol. The number of carbonyl (C=O) groups is 1. The maximum Gasteiger partial charge on any atom is 0.227 e. The van der Waals surface area contributed by atoms with Gasteiger partial charge in [0, 0.05) is 11.3 Å². The topological polar surface area (TPSA) is 104 Å². The summed E-state index contributed by atoms with van der Waals surface area (Å²) >= 11 is 0. The molecule has 0 aliphatic carbocycles. The normalized spacial score (nSPS) is 13.2. The smallest absolute Gasteiger partial charge is 0.227 e. The van der Waals surface area contributed by atoms with Crippen molar-refractivity contribution in [3.8, 4) is 11.4 Å². The van der Waals surface area contributed by atoms with Gasteiger partial charge in [-0.15, -0.1) is 10.2 Å². The molecular formula is C17H17N5O2. The molecule has 1 heterocycles. The number of benzene rings is 2. The molecule has 1 atom stereocenters. The van der Waals surface area contributed by atoms with E-state index in [1.807, 2.05) is 18.2 Å². The summed E-state index contributed by atoms with van der Waals surface area (Å²) in [7, 11) is 0. The summed E-state index contributed by atoms with van der Waals surface area (Å²) in [6.07, 6.45) is -0.0381. The third-order valence-electron chi connectivity index (χ3n) is 3.67. The SMILES string of the molecule is CC(O)(CC(=O)Nc1ccc(-c2nn[nH]n2)cc1)c1ccccc1. The van der Waals surface area contributed by atoms with E-state index in [9.17, 15) is 9.90 Å². The first-order chi connectivity index (χ1) is 11.5. The average molecular weight is 323 g/mol. The third kappa shape index (κ3) is 3.64. The number of aliphatic hydroxyl groups is 1. The van der Waals surface area contributed by atoms with Crippen LogP contribution >= 0.6 is 0 Å². The molecule has 0 saturated heterocycles. The van der Waals surface area contributed by atoms with Gasteiger partial charge in [0.1, 0.15) is 0 Å². The largest absolute Gasteiger partial charge is 0.385 e. The maximum atomic E-state index is 12.2. The van der Waals surface area contributed by atoms with E-state index >= 15 is 0 Å². The molecule has 7 heteroatoms. The molecule has 0 aliphatic heterocycles. The van der Waals surface area contributed by atoms with E-state index in [1.165, 1.54) is 0 Å². The summed E-state index contributed by atoms with van der Waals surface area (Å²) in [5.74, 6) is 0.219. The first-order valence-electron chi connectivity index (χ1n) is 7.46. The molecular weight excluding hydrogens is 306 g/mol. The zero-order valence-electron chi connectivity index (χ0n) is 13.1. The predicted octanol–water partition coefficient (Wildman–Crippen LogP) is 2.10. The molecule has 2 aromatic carbocycles. The van der Waals surface area contributed by atoms with E-state index in [4.69, 9.17) is 0 Å². The Bertz CT molecular complexity index is 799. The monoisotopic (exact) mass is 323 g/mol. The third-order valence-corrected chi connectivity index (χ3v) is 3.67. The minimum Gasteiger partial charge on any atom is -0.385 e. The van der Waals surface area contributed by atoms with E-state index in [0.29, 0.717) is 17.1 Å². The summed E-state index contributed by atoms with van der Waals surface area (Å²) in [4.78, 5) is 12.2. The highest BCUT2D eigenvalue weighted by Gasteiger charge is 2.26. The number of H-pyrrole nitrogens is 1. The van der Waals surface area contributed by atoms with Crippen LogP contribution in [0.2, 0.25) is 0 Å². The lowest BCUT2D eigenvalue weighted by Crippen LogP contribution is -2.28. The van der Waals surface area contributed by atoms with Crippen molar-refractivity contribution in [2.45, 2.75) is 18.9 Å². The van der Waals surface area contributed by atoms with Gasteiger partial charge in [-0.25, -0.2) is 0 Å². The van der Waals surface area contributed by atoms with Crippen molar-refractivity contribution < 1.29 is 9.90 Å². The number of rotatable bonds is 5. The number of aromatic nitrogens is 4. The Hall–Kier alpha value is -3.06. The van der Waals surface area contributed by atoms with Gasteiger partial charge in [-0.1, -0.05) is 30.3 Å². The fourth-order valence-electron chi connectivity index (χ4n) is 2.40.